The molecule has 2 aliphatic carbocycles. The van der Waals surface area contributed by atoms with Gasteiger partial charge in [-0.05, 0) is 93.9 Å². The third-order valence-corrected chi connectivity index (χ3v) is 12.0. The van der Waals surface area contributed by atoms with Crippen LogP contribution in [0.15, 0.2) is 72.8 Å². The van der Waals surface area contributed by atoms with Gasteiger partial charge in [-0.25, -0.2) is 0 Å². The predicted octanol–water partition coefficient (Wildman–Crippen LogP) is 10.8. The van der Waals surface area contributed by atoms with Crippen molar-refractivity contribution in [3.8, 4) is 0 Å². The predicted molar refractivity (Wildman–Crippen MR) is 202 cm³/mol. The Kier molecular flexibility index (Phi) is 8.34. The van der Waals surface area contributed by atoms with Gasteiger partial charge in [-0.2, -0.15) is 74.0 Å². The largest absolute Gasteiger partial charge is 4.00 e. The zero-order valence-electron chi connectivity index (χ0n) is 30.4. The first kappa shape index (κ1) is 34.2. The minimum Gasteiger partial charge on any atom is -0.500 e. The molecule has 0 radical (unpaired) electrons. The molecule has 0 atom stereocenters. The molecular weight excluding hydrogens is 780 g/mol. The molecule has 4 aliphatic rings. The van der Waals surface area contributed by atoms with Crippen LogP contribution in [0.5, 0.6) is 0 Å². The van der Waals surface area contributed by atoms with Gasteiger partial charge in [-0.3, -0.25) is 0 Å². The Labute approximate surface area is 309 Å². The average Bonchev–Trinajstić information content (AvgIpc) is 3.62. The monoisotopic (exact) mass is 829 g/mol. The van der Waals surface area contributed by atoms with Crippen LogP contribution in [0.4, 0.5) is 34.1 Å². The molecular formula is C44H50N4Pt. The zero-order valence-corrected chi connectivity index (χ0v) is 32.7. The van der Waals surface area contributed by atoms with E-state index < -0.39 is 0 Å². The average molecular weight is 830 g/mol. The smallest absolute Gasteiger partial charge is 0.500 e. The van der Waals surface area contributed by atoms with Crippen molar-refractivity contribution < 1.29 is 21.1 Å². The quantitative estimate of drug-likeness (QED) is 0.186. The van der Waals surface area contributed by atoms with Crippen molar-refractivity contribution in [1.29, 1.82) is 0 Å². The summed E-state index contributed by atoms with van der Waals surface area (Å²) in [5.41, 5.74) is 13.8. The topological polar surface area (TPSA) is 13.0 Å². The number of hydrogen-bond acceptors (Lipinski definition) is 4. The molecule has 0 bridgehead atoms. The summed E-state index contributed by atoms with van der Waals surface area (Å²) >= 11 is 0. The van der Waals surface area contributed by atoms with Crippen LogP contribution in [0.3, 0.4) is 0 Å². The van der Waals surface area contributed by atoms with E-state index in [-0.39, 0.29) is 42.7 Å². The molecule has 49 heavy (non-hydrogen) atoms. The summed E-state index contributed by atoms with van der Waals surface area (Å²) in [7, 11) is 0. The molecule has 0 spiro atoms. The number of fused-ring (bicyclic) bond motifs is 4. The van der Waals surface area contributed by atoms with E-state index in [4.69, 9.17) is 0 Å². The van der Waals surface area contributed by atoms with Gasteiger partial charge in [0.2, 0.25) is 0 Å². The van der Waals surface area contributed by atoms with E-state index in [1.807, 2.05) is 12.1 Å². The Bertz CT molecular complexity index is 1720. The van der Waals surface area contributed by atoms with Crippen LogP contribution in [-0.4, -0.2) is 13.1 Å². The molecule has 0 N–H and O–H groups in total. The Morgan fingerprint density at radius 2 is 0.837 bits per heavy atom. The second kappa shape index (κ2) is 11.9. The van der Waals surface area contributed by atoms with E-state index in [9.17, 15) is 0 Å². The molecule has 0 amide bonds. The molecule has 0 fully saturated rings. The van der Waals surface area contributed by atoms with E-state index in [0.29, 0.717) is 0 Å². The number of anilines is 6. The van der Waals surface area contributed by atoms with Gasteiger partial charge in [0.1, 0.15) is 0 Å². The van der Waals surface area contributed by atoms with E-state index in [2.05, 4.69) is 161 Å². The van der Waals surface area contributed by atoms with Gasteiger partial charge in [-0.15, -0.1) is 11.4 Å². The van der Waals surface area contributed by atoms with E-state index >= 15 is 0 Å². The van der Waals surface area contributed by atoms with Crippen LogP contribution < -0.4 is 19.6 Å². The summed E-state index contributed by atoms with van der Waals surface area (Å²) in [5, 5.41) is 0. The maximum absolute atomic E-state index is 3.51. The molecule has 2 aliphatic heterocycles. The number of para-hydroxylation sites is 2. The number of nitrogens with zero attached hydrogens (tertiary/aromatic N) is 4. The maximum Gasteiger partial charge on any atom is 4.00 e. The van der Waals surface area contributed by atoms with Gasteiger partial charge in [0.05, 0.1) is 0 Å². The first-order valence-electron chi connectivity index (χ1n) is 17.9. The molecule has 0 aromatic heterocycles. The second-order valence-corrected chi connectivity index (χ2v) is 17.2. The standard InChI is InChI=1S/C44H50N4.Pt/c1-41(2)19-21-43(5,6)35-27-39-37(25-33(35)41)45(29-47(39)31-15-11-9-12-16-31)23-24-46-30-48(32-17-13-10-14-18-32)40-28-36-34(26-38(40)46)42(3,4)20-22-44(36,7)8;/h9-15,17,25-30H,19-24H2,1-8H3;/q-4;+4. The Morgan fingerprint density at radius 1 is 0.510 bits per heavy atom. The molecule has 4 aromatic carbocycles. The SMILES string of the molecule is CC1(C)CCC(C)(C)c2cc3c(cc21)N(CCN1[CH-]N(c2[c-]cccc2)c2cc4c(cc21)C(C)(C)CCC4(C)C)[CH-]N3c1[c-]cccc1.[Pt+4]. The Balaban J connectivity index is 0.00000378. The summed E-state index contributed by atoms with van der Waals surface area (Å²) in [6, 6.07) is 33.7. The minimum atomic E-state index is 0. The first-order chi connectivity index (χ1) is 22.8. The van der Waals surface area contributed by atoms with Crippen molar-refractivity contribution in [3.63, 3.8) is 0 Å². The normalized spacial score (nSPS) is 20.7. The van der Waals surface area contributed by atoms with Gasteiger partial charge in [0, 0.05) is 35.8 Å². The van der Waals surface area contributed by atoms with Crippen molar-refractivity contribution >= 4 is 34.1 Å². The van der Waals surface area contributed by atoms with Gasteiger partial charge in [0.25, 0.3) is 0 Å². The van der Waals surface area contributed by atoms with Crippen LogP contribution in [-0.2, 0) is 42.7 Å². The van der Waals surface area contributed by atoms with Crippen molar-refractivity contribution in [2.45, 2.75) is 103 Å². The second-order valence-electron chi connectivity index (χ2n) is 17.2. The summed E-state index contributed by atoms with van der Waals surface area (Å²) in [5.74, 6) is 0. The van der Waals surface area contributed by atoms with Gasteiger partial charge < -0.3 is 19.6 Å². The van der Waals surface area contributed by atoms with Crippen LogP contribution in [0.2, 0.25) is 0 Å². The maximum atomic E-state index is 3.51. The number of rotatable bonds is 5. The fourth-order valence-electron chi connectivity index (χ4n) is 8.58. The molecule has 8 rings (SSSR count). The van der Waals surface area contributed by atoms with Crippen molar-refractivity contribution in [2.24, 2.45) is 0 Å². The van der Waals surface area contributed by atoms with Crippen LogP contribution in [0, 0.1) is 25.5 Å². The van der Waals surface area contributed by atoms with Crippen molar-refractivity contribution in [1.82, 2.24) is 0 Å². The molecule has 0 saturated carbocycles. The van der Waals surface area contributed by atoms with Gasteiger partial charge >= 0.3 is 21.1 Å². The molecule has 0 saturated heterocycles. The fourth-order valence-corrected chi connectivity index (χ4v) is 8.58. The van der Waals surface area contributed by atoms with Gasteiger partial charge in [0.15, 0.2) is 0 Å². The number of hydrogen-bond donors (Lipinski definition) is 0. The minimum absolute atomic E-state index is 0. The van der Waals surface area contributed by atoms with Crippen molar-refractivity contribution in [3.05, 3.63) is 121 Å². The van der Waals surface area contributed by atoms with E-state index in [1.54, 1.807) is 0 Å². The summed E-state index contributed by atoms with van der Waals surface area (Å²) in [6.45, 7) is 25.7. The molecule has 4 nitrogen and oxygen atoms in total. The number of benzene rings is 4. The van der Waals surface area contributed by atoms with Crippen LogP contribution >= 0.6 is 0 Å². The molecule has 2 heterocycles. The third-order valence-electron chi connectivity index (χ3n) is 12.0. The van der Waals surface area contributed by atoms with E-state index in [1.165, 1.54) is 70.7 Å². The van der Waals surface area contributed by atoms with Crippen molar-refractivity contribution in [2.75, 3.05) is 32.7 Å². The Morgan fingerprint density at radius 3 is 1.14 bits per heavy atom. The van der Waals surface area contributed by atoms with E-state index in [0.717, 1.165) is 24.5 Å². The van der Waals surface area contributed by atoms with Crippen LogP contribution in [0.1, 0.15) is 103 Å². The zero-order chi connectivity index (χ0) is 33.6. The van der Waals surface area contributed by atoms with Gasteiger partial charge in [-0.1, -0.05) is 55.4 Å². The first-order valence-corrected chi connectivity index (χ1v) is 17.9. The fraction of sp³-hybridized carbons (Fsp3) is 0.409. The van der Waals surface area contributed by atoms with Crippen LogP contribution in [0.25, 0.3) is 0 Å². The molecule has 5 heteroatoms. The molecule has 0 unspecified atom stereocenters. The summed E-state index contributed by atoms with van der Waals surface area (Å²) in [4.78, 5) is 9.65. The summed E-state index contributed by atoms with van der Waals surface area (Å²) in [6.07, 6.45) is 4.81. The summed E-state index contributed by atoms with van der Waals surface area (Å²) < 4.78 is 0. The molecule has 4 aromatic rings. The third kappa shape index (κ3) is 5.71. The molecule has 256 valence electrons. The Hall–Kier alpha value is -3.23.